The van der Waals surface area contributed by atoms with Gasteiger partial charge in [0, 0.05) is 11.3 Å². The molecule has 3 heteroatoms. The Hall–Kier alpha value is -1.61. The van der Waals surface area contributed by atoms with E-state index in [0.29, 0.717) is 5.92 Å². The van der Waals surface area contributed by atoms with Crippen LogP contribution in [-0.4, -0.2) is 4.98 Å². The quantitative estimate of drug-likeness (QED) is 0.624. The number of nitrogen functional groups attached to an aromatic ring is 1. The minimum atomic E-state index is 0.564. The van der Waals surface area contributed by atoms with Crippen molar-refractivity contribution in [3.05, 3.63) is 36.0 Å². The second-order valence-electron chi connectivity index (χ2n) is 5.09. The van der Waals surface area contributed by atoms with Crippen LogP contribution in [0.15, 0.2) is 30.3 Å². The molecule has 1 aromatic heterocycles. The SMILES string of the molecule is NNc1cc2ccccc2nc1C1CCCCC1. The number of anilines is 1. The van der Waals surface area contributed by atoms with Crippen molar-refractivity contribution in [2.75, 3.05) is 5.43 Å². The van der Waals surface area contributed by atoms with E-state index in [9.17, 15) is 0 Å². The van der Waals surface area contributed by atoms with E-state index >= 15 is 0 Å². The van der Waals surface area contributed by atoms with Gasteiger partial charge < -0.3 is 5.43 Å². The molecule has 3 rings (SSSR count). The molecule has 1 saturated carbocycles. The van der Waals surface area contributed by atoms with Crippen molar-refractivity contribution in [1.29, 1.82) is 0 Å². The fraction of sp³-hybridized carbons (Fsp3) is 0.400. The Morgan fingerprint density at radius 1 is 1.11 bits per heavy atom. The third kappa shape index (κ3) is 2.06. The number of nitrogens with two attached hydrogens (primary N) is 1. The van der Waals surface area contributed by atoms with Crippen molar-refractivity contribution in [2.24, 2.45) is 5.84 Å². The monoisotopic (exact) mass is 241 g/mol. The molecule has 2 aromatic rings. The molecule has 1 heterocycles. The normalized spacial score (nSPS) is 16.9. The van der Waals surface area contributed by atoms with Crippen LogP contribution in [-0.2, 0) is 0 Å². The van der Waals surface area contributed by atoms with Gasteiger partial charge in [0.25, 0.3) is 0 Å². The Kier molecular flexibility index (Phi) is 3.15. The van der Waals surface area contributed by atoms with Crippen LogP contribution >= 0.6 is 0 Å². The van der Waals surface area contributed by atoms with Crippen LogP contribution in [0, 0.1) is 0 Å². The minimum absolute atomic E-state index is 0.564. The number of nitrogens with zero attached hydrogens (tertiary/aromatic N) is 1. The first kappa shape index (κ1) is 11.5. The summed E-state index contributed by atoms with van der Waals surface area (Å²) in [6.45, 7) is 0. The topological polar surface area (TPSA) is 50.9 Å². The van der Waals surface area contributed by atoms with Gasteiger partial charge in [-0.2, -0.15) is 0 Å². The zero-order valence-electron chi connectivity index (χ0n) is 10.5. The predicted octanol–water partition coefficient (Wildman–Crippen LogP) is 3.57. The highest BCUT2D eigenvalue weighted by Crippen LogP contribution is 2.36. The van der Waals surface area contributed by atoms with Gasteiger partial charge in [-0.05, 0) is 25.0 Å². The van der Waals surface area contributed by atoms with Gasteiger partial charge in [-0.25, -0.2) is 0 Å². The number of hydrogen-bond acceptors (Lipinski definition) is 3. The average molecular weight is 241 g/mol. The van der Waals surface area contributed by atoms with E-state index in [2.05, 4.69) is 23.6 Å². The molecule has 1 aliphatic rings. The third-order valence-electron chi connectivity index (χ3n) is 3.90. The van der Waals surface area contributed by atoms with Gasteiger partial charge in [-0.3, -0.25) is 10.8 Å². The van der Waals surface area contributed by atoms with E-state index in [1.54, 1.807) is 0 Å². The first-order valence-electron chi connectivity index (χ1n) is 6.75. The summed E-state index contributed by atoms with van der Waals surface area (Å²) in [5, 5.41) is 1.14. The van der Waals surface area contributed by atoms with Crippen molar-refractivity contribution < 1.29 is 0 Å². The number of nitrogens with one attached hydrogen (secondary N) is 1. The first-order valence-corrected chi connectivity index (χ1v) is 6.75. The molecule has 1 aliphatic carbocycles. The van der Waals surface area contributed by atoms with E-state index in [-0.39, 0.29) is 0 Å². The van der Waals surface area contributed by atoms with E-state index in [0.717, 1.165) is 22.3 Å². The lowest BCUT2D eigenvalue weighted by molar-refractivity contribution is 0.438. The lowest BCUT2D eigenvalue weighted by atomic mass is 9.86. The summed E-state index contributed by atoms with van der Waals surface area (Å²) < 4.78 is 0. The van der Waals surface area contributed by atoms with Gasteiger partial charge in [0.05, 0.1) is 16.9 Å². The van der Waals surface area contributed by atoms with Crippen LogP contribution in [0.4, 0.5) is 5.69 Å². The Morgan fingerprint density at radius 2 is 1.89 bits per heavy atom. The van der Waals surface area contributed by atoms with Crippen LogP contribution in [0.2, 0.25) is 0 Å². The average Bonchev–Trinajstić information content (AvgIpc) is 2.46. The van der Waals surface area contributed by atoms with Crippen LogP contribution in [0.3, 0.4) is 0 Å². The van der Waals surface area contributed by atoms with Crippen LogP contribution in [0.1, 0.15) is 43.7 Å². The molecule has 0 aliphatic heterocycles. The van der Waals surface area contributed by atoms with E-state index in [1.165, 1.54) is 32.1 Å². The molecule has 3 nitrogen and oxygen atoms in total. The van der Waals surface area contributed by atoms with Crippen molar-refractivity contribution in [2.45, 2.75) is 38.0 Å². The highest BCUT2D eigenvalue weighted by molar-refractivity contribution is 5.82. The van der Waals surface area contributed by atoms with Crippen molar-refractivity contribution in [3.8, 4) is 0 Å². The molecule has 0 spiro atoms. The number of rotatable bonds is 2. The lowest BCUT2D eigenvalue weighted by Crippen LogP contribution is -2.14. The van der Waals surface area contributed by atoms with E-state index < -0.39 is 0 Å². The molecule has 94 valence electrons. The summed E-state index contributed by atoms with van der Waals surface area (Å²) in [7, 11) is 0. The molecule has 0 unspecified atom stereocenters. The number of benzene rings is 1. The second kappa shape index (κ2) is 4.94. The maximum atomic E-state index is 5.66. The summed E-state index contributed by atoms with van der Waals surface area (Å²) in [4.78, 5) is 4.83. The maximum Gasteiger partial charge on any atom is 0.0710 e. The summed E-state index contributed by atoms with van der Waals surface area (Å²) in [5.41, 5.74) is 6.02. The van der Waals surface area contributed by atoms with Crippen molar-refractivity contribution >= 4 is 16.6 Å². The maximum absolute atomic E-state index is 5.66. The van der Waals surface area contributed by atoms with Crippen molar-refractivity contribution in [1.82, 2.24) is 4.98 Å². The molecule has 1 fully saturated rings. The number of hydrogen-bond donors (Lipinski definition) is 2. The standard InChI is InChI=1S/C15H19N3/c16-18-14-10-12-8-4-5-9-13(12)17-15(14)11-6-2-1-3-7-11/h4-5,8-11,18H,1-3,6-7,16H2. The zero-order chi connectivity index (χ0) is 12.4. The zero-order valence-corrected chi connectivity index (χ0v) is 10.5. The number of aromatic nitrogens is 1. The Labute approximate surface area is 107 Å². The van der Waals surface area contributed by atoms with Gasteiger partial charge in [0.1, 0.15) is 0 Å². The molecule has 0 radical (unpaired) electrons. The van der Waals surface area contributed by atoms with E-state index in [4.69, 9.17) is 10.8 Å². The summed E-state index contributed by atoms with van der Waals surface area (Å²) in [6.07, 6.45) is 6.45. The number of hydrazine groups is 1. The Morgan fingerprint density at radius 3 is 2.67 bits per heavy atom. The minimum Gasteiger partial charge on any atom is -0.322 e. The molecule has 1 aromatic carbocycles. The molecule has 0 atom stereocenters. The molecular weight excluding hydrogens is 222 g/mol. The summed E-state index contributed by atoms with van der Waals surface area (Å²) >= 11 is 0. The molecule has 0 amide bonds. The van der Waals surface area contributed by atoms with Crippen LogP contribution in [0.5, 0.6) is 0 Å². The summed E-state index contributed by atoms with van der Waals surface area (Å²) in [6, 6.07) is 10.3. The predicted molar refractivity (Wildman–Crippen MR) is 75.4 cm³/mol. The molecule has 18 heavy (non-hydrogen) atoms. The smallest absolute Gasteiger partial charge is 0.0710 e. The molecule has 0 saturated heterocycles. The molecule has 0 bridgehead atoms. The van der Waals surface area contributed by atoms with Crippen molar-refractivity contribution in [3.63, 3.8) is 0 Å². The van der Waals surface area contributed by atoms with Gasteiger partial charge in [0.2, 0.25) is 0 Å². The highest BCUT2D eigenvalue weighted by Gasteiger charge is 2.20. The van der Waals surface area contributed by atoms with E-state index in [1.807, 2.05) is 12.1 Å². The molecule has 3 N–H and O–H groups in total. The third-order valence-corrected chi connectivity index (χ3v) is 3.90. The number of pyridine rings is 1. The fourth-order valence-electron chi connectivity index (χ4n) is 2.93. The first-order chi connectivity index (χ1) is 8.88. The highest BCUT2D eigenvalue weighted by atomic mass is 15.2. The second-order valence-corrected chi connectivity index (χ2v) is 5.09. The number of para-hydroxylation sites is 1. The Balaban J connectivity index is 2.08. The fourth-order valence-corrected chi connectivity index (χ4v) is 2.93. The number of fused-ring (bicyclic) bond motifs is 1. The Bertz CT molecular complexity index is 544. The molecular formula is C15H19N3. The summed E-state index contributed by atoms with van der Waals surface area (Å²) in [5.74, 6) is 6.22. The van der Waals surface area contributed by atoms with Gasteiger partial charge in [-0.1, -0.05) is 37.5 Å². The van der Waals surface area contributed by atoms with Crippen LogP contribution in [0.25, 0.3) is 10.9 Å². The van der Waals surface area contributed by atoms with Gasteiger partial charge >= 0.3 is 0 Å². The van der Waals surface area contributed by atoms with Gasteiger partial charge in [-0.15, -0.1) is 0 Å². The largest absolute Gasteiger partial charge is 0.322 e. The van der Waals surface area contributed by atoms with Gasteiger partial charge in [0.15, 0.2) is 0 Å². The van der Waals surface area contributed by atoms with Crippen LogP contribution < -0.4 is 11.3 Å². The lowest BCUT2D eigenvalue weighted by Gasteiger charge is -2.23.